The summed E-state index contributed by atoms with van der Waals surface area (Å²) in [5.41, 5.74) is 3.07. The Balaban J connectivity index is 0.00000481. The average molecular weight is 565 g/mol. The summed E-state index contributed by atoms with van der Waals surface area (Å²) in [6.45, 7) is 5.53. The highest BCUT2D eigenvalue weighted by molar-refractivity contribution is 8.00. The minimum absolute atomic E-state index is 0. The molecule has 7 nitrogen and oxygen atoms in total. The molecule has 3 rings (SSSR count). The van der Waals surface area contributed by atoms with E-state index in [-0.39, 0.29) is 17.7 Å². The first-order valence-electron chi connectivity index (χ1n) is 11.6. The summed E-state index contributed by atoms with van der Waals surface area (Å²) >= 11 is 1.50. The van der Waals surface area contributed by atoms with Crippen LogP contribution in [0.25, 0.3) is 11.1 Å². The van der Waals surface area contributed by atoms with E-state index in [1.165, 1.54) is 11.8 Å². The van der Waals surface area contributed by atoms with Crippen molar-refractivity contribution in [3.63, 3.8) is 0 Å². The van der Waals surface area contributed by atoms with Gasteiger partial charge in [-0.3, -0.25) is 4.79 Å². The number of aliphatic hydroxyl groups is 1. The number of thioether (sulfide) groups is 1. The van der Waals surface area contributed by atoms with Crippen molar-refractivity contribution in [2.24, 2.45) is 0 Å². The molecule has 37 heavy (non-hydrogen) atoms. The number of ether oxygens (including phenoxy) is 1. The zero-order valence-electron chi connectivity index (χ0n) is 21.0. The SMILES string of the molecule is CC(C)Sc1cc(-c2ccc(OCCNC[C@H](O)c3ccccc3)cc2)ccc1C(=O)NS(C)(=O)=O.Cl. The maximum absolute atomic E-state index is 12.5. The molecule has 1 amide bonds. The lowest BCUT2D eigenvalue weighted by Crippen LogP contribution is -2.29. The fourth-order valence-corrected chi connectivity index (χ4v) is 4.92. The van der Waals surface area contributed by atoms with E-state index in [2.05, 4.69) is 5.32 Å². The molecule has 0 radical (unpaired) electrons. The zero-order valence-corrected chi connectivity index (χ0v) is 23.5. The molecule has 0 unspecified atom stereocenters. The first kappa shape index (κ1) is 30.7. The molecule has 0 bridgehead atoms. The largest absolute Gasteiger partial charge is 0.492 e. The topological polar surface area (TPSA) is 105 Å². The molecule has 0 heterocycles. The summed E-state index contributed by atoms with van der Waals surface area (Å²) in [5, 5.41) is 13.6. The van der Waals surface area contributed by atoms with Gasteiger partial charge in [-0.25, -0.2) is 13.1 Å². The van der Waals surface area contributed by atoms with Crippen LogP contribution in [0.5, 0.6) is 5.75 Å². The fraction of sp³-hybridized carbons (Fsp3) is 0.296. The van der Waals surface area contributed by atoms with Gasteiger partial charge in [0, 0.05) is 23.2 Å². The highest BCUT2D eigenvalue weighted by Gasteiger charge is 2.17. The Morgan fingerprint density at radius 1 is 1.00 bits per heavy atom. The van der Waals surface area contributed by atoms with E-state index < -0.39 is 22.0 Å². The van der Waals surface area contributed by atoms with Gasteiger partial charge in [-0.15, -0.1) is 24.2 Å². The van der Waals surface area contributed by atoms with E-state index in [1.54, 1.807) is 12.1 Å². The van der Waals surface area contributed by atoms with Crippen molar-refractivity contribution in [1.29, 1.82) is 0 Å². The normalized spacial score (nSPS) is 12.0. The quantitative estimate of drug-likeness (QED) is 0.217. The molecule has 0 saturated carbocycles. The summed E-state index contributed by atoms with van der Waals surface area (Å²) < 4.78 is 30.8. The molecule has 0 fully saturated rings. The molecule has 1 atom stereocenters. The van der Waals surface area contributed by atoms with Crippen LogP contribution in [0, 0.1) is 0 Å². The van der Waals surface area contributed by atoms with Crippen LogP contribution in [-0.4, -0.2) is 50.6 Å². The maximum Gasteiger partial charge on any atom is 0.265 e. The molecule has 0 aromatic heterocycles. The molecular weight excluding hydrogens is 532 g/mol. The highest BCUT2D eigenvalue weighted by Crippen LogP contribution is 2.32. The molecule has 10 heteroatoms. The first-order valence-corrected chi connectivity index (χ1v) is 14.4. The number of nitrogens with one attached hydrogen (secondary N) is 2. The van der Waals surface area contributed by atoms with Crippen LogP contribution in [-0.2, 0) is 10.0 Å². The first-order chi connectivity index (χ1) is 17.1. The molecule has 200 valence electrons. The molecule has 3 N–H and O–H groups in total. The minimum Gasteiger partial charge on any atom is -0.492 e. The second-order valence-electron chi connectivity index (χ2n) is 8.58. The number of hydrogen-bond acceptors (Lipinski definition) is 7. The van der Waals surface area contributed by atoms with E-state index in [0.29, 0.717) is 30.2 Å². The number of amides is 1. The molecular formula is C27H33ClN2O5S2. The Labute approximate surface area is 229 Å². The van der Waals surface area contributed by atoms with Crippen LogP contribution in [0.3, 0.4) is 0 Å². The highest BCUT2D eigenvalue weighted by atomic mass is 35.5. The lowest BCUT2D eigenvalue weighted by atomic mass is 10.0. The van der Waals surface area contributed by atoms with Crippen molar-refractivity contribution < 1.29 is 23.1 Å². The van der Waals surface area contributed by atoms with E-state index in [1.807, 2.05) is 79.2 Å². The third-order valence-electron chi connectivity index (χ3n) is 5.12. The number of benzene rings is 3. The minimum atomic E-state index is -3.65. The summed E-state index contributed by atoms with van der Waals surface area (Å²) in [5.74, 6) is 0.0888. The number of rotatable bonds is 12. The predicted octanol–water partition coefficient (Wildman–Crippen LogP) is 4.67. The average Bonchev–Trinajstić information content (AvgIpc) is 2.83. The van der Waals surface area contributed by atoms with E-state index >= 15 is 0 Å². The van der Waals surface area contributed by atoms with Crippen LogP contribution in [0.15, 0.2) is 77.7 Å². The Bertz CT molecular complexity index is 1250. The zero-order chi connectivity index (χ0) is 26.1. The second-order valence-corrected chi connectivity index (χ2v) is 12.0. The van der Waals surface area contributed by atoms with Gasteiger partial charge in [0.2, 0.25) is 10.0 Å². The van der Waals surface area contributed by atoms with Crippen LogP contribution in [0.2, 0.25) is 0 Å². The Morgan fingerprint density at radius 3 is 2.27 bits per heavy atom. The molecule has 0 aliphatic rings. The van der Waals surface area contributed by atoms with Crippen molar-refractivity contribution >= 4 is 40.1 Å². The molecule has 3 aromatic carbocycles. The number of halogens is 1. The van der Waals surface area contributed by atoms with Crippen LogP contribution < -0.4 is 14.8 Å². The number of carbonyl (C=O) groups is 1. The lowest BCUT2D eigenvalue weighted by Gasteiger charge is -2.14. The standard InChI is InChI=1S/C27H32N2O5S2.ClH/c1-19(2)35-26-17-22(11-14-24(26)27(31)29-36(3,32)33)20-9-12-23(13-10-20)34-16-15-28-18-25(30)21-7-5-4-6-8-21;/h4-14,17,19,25,28,30H,15-16,18H2,1-3H3,(H,29,31);1H/t25-;/m0./s1. The monoisotopic (exact) mass is 564 g/mol. The van der Waals surface area contributed by atoms with Crippen molar-refractivity contribution in [3.05, 3.63) is 83.9 Å². The summed E-state index contributed by atoms with van der Waals surface area (Å²) in [6, 6.07) is 22.5. The van der Waals surface area contributed by atoms with Crippen LogP contribution in [0.4, 0.5) is 0 Å². The third-order valence-corrected chi connectivity index (χ3v) is 6.74. The molecule has 0 aliphatic heterocycles. The van der Waals surface area contributed by atoms with Gasteiger partial charge in [0.25, 0.3) is 5.91 Å². The van der Waals surface area contributed by atoms with Gasteiger partial charge in [0.15, 0.2) is 0 Å². The Hall–Kier alpha value is -2.56. The number of aliphatic hydroxyl groups excluding tert-OH is 1. The van der Waals surface area contributed by atoms with E-state index in [9.17, 15) is 18.3 Å². The number of hydrogen-bond donors (Lipinski definition) is 3. The Kier molecular flexibility index (Phi) is 11.9. The van der Waals surface area contributed by atoms with Crippen molar-refractivity contribution in [2.75, 3.05) is 26.0 Å². The van der Waals surface area contributed by atoms with Gasteiger partial charge in [-0.2, -0.15) is 0 Å². The van der Waals surface area contributed by atoms with Gasteiger partial charge in [-0.1, -0.05) is 62.4 Å². The maximum atomic E-state index is 12.5. The third kappa shape index (κ3) is 10.0. The molecule has 0 spiro atoms. The van der Waals surface area contributed by atoms with Gasteiger partial charge in [0.1, 0.15) is 12.4 Å². The lowest BCUT2D eigenvalue weighted by molar-refractivity contribution is 0.0979. The van der Waals surface area contributed by atoms with E-state index in [0.717, 1.165) is 28.7 Å². The predicted molar refractivity (Wildman–Crippen MR) is 152 cm³/mol. The van der Waals surface area contributed by atoms with Crippen LogP contribution in [0.1, 0.15) is 35.9 Å². The molecule has 0 aliphatic carbocycles. The number of carbonyl (C=O) groups excluding carboxylic acids is 1. The number of sulfonamides is 1. The Morgan fingerprint density at radius 2 is 1.65 bits per heavy atom. The molecule has 0 saturated heterocycles. The van der Waals surface area contributed by atoms with Gasteiger partial charge in [-0.05, 0) is 41.0 Å². The fourth-order valence-electron chi connectivity index (χ4n) is 3.48. The van der Waals surface area contributed by atoms with Gasteiger partial charge < -0.3 is 15.2 Å². The van der Waals surface area contributed by atoms with E-state index in [4.69, 9.17) is 4.74 Å². The summed E-state index contributed by atoms with van der Waals surface area (Å²) in [4.78, 5) is 13.2. The van der Waals surface area contributed by atoms with Crippen molar-refractivity contribution in [2.45, 2.75) is 30.1 Å². The summed E-state index contributed by atoms with van der Waals surface area (Å²) in [7, 11) is -3.65. The van der Waals surface area contributed by atoms with Gasteiger partial charge >= 0.3 is 0 Å². The smallest absolute Gasteiger partial charge is 0.265 e. The second kappa shape index (κ2) is 14.4. The molecule has 3 aromatic rings. The van der Waals surface area contributed by atoms with Crippen molar-refractivity contribution in [1.82, 2.24) is 10.0 Å². The van der Waals surface area contributed by atoms with Crippen molar-refractivity contribution in [3.8, 4) is 16.9 Å². The van der Waals surface area contributed by atoms with Crippen LogP contribution >= 0.6 is 24.2 Å². The summed E-state index contributed by atoms with van der Waals surface area (Å²) in [6.07, 6.45) is 0.399. The van der Waals surface area contributed by atoms with Gasteiger partial charge in [0.05, 0.1) is 17.9 Å².